The summed E-state index contributed by atoms with van der Waals surface area (Å²) in [6.45, 7) is 6.29. The Balaban J connectivity index is 1.66. The zero-order chi connectivity index (χ0) is 13.5. The van der Waals surface area contributed by atoms with E-state index in [0.717, 1.165) is 18.7 Å². The number of methoxy groups -OCH3 is 1. The summed E-state index contributed by atoms with van der Waals surface area (Å²) < 4.78 is 11.1. The van der Waals surface area contributed by atoms with Crippen LogP contribution in [0.1, 0.15) is 25.8 Å². The second-order valence-corrected chi connectivity index (χ2v) is 6.10. The summed E-state index contributed by atoms with van der Waals surface area (Å²) in [5, 5.41) is 3.67. The van der Waals surface area contributed by atoms with Gasteiger partial charge < -0.3 is 14.8 Å². The molecule has 0 radical (unpaired) electrons. The molecule has 1 saturated carbocycles. The molecule has 4 heteroatoms. The molecule has 1 saturated heterocycles. The van der Waals surface area contributed by atoms with Crippen molar-refractivity contribution in [3.63, 3.8) is 0 Å². The second kappa shape index (κ2) is 4.76. The van der Waals surface area contributed by atoms with Gasteiger partial charge in [-0.25, -0.2) is 4.98 Å². The molecule has 0 amide bonds. The van der Waals surface area contributed by atoms with Gasteiger partial charge in [0.05, 0.1) is 13.2 Å². The summed E-state index contributed by atoms with van der Waals surface area (Å²) in [5.41, 5.74) is 1.33. The largest absolute Gasteiger partial charge is 0.481 e. The van der Waals surface area contributed by atoms with E-state index in [2.05, 4.69) is 30.2 Å². The predicted octanol–water partition coefficient (Wildman–Crippen LogP) is 1.99. The van der Waals surface area contributed by atoms with Gasteiger partial charge in [0, 0.05) is 42.3 Å². The van der Waals surface area contributed by atoms with Gasteiger partial charge in [-0.15, -0.1) is 0 Å². The molecule has 0 aromatic carbocycles. The van der Waals surface area contributed by atoms with Gasteiger partial charge in [-0.3, -0.25) is 0 Å². The number of fused-ring (bicyclic) bond motifs is 1. The first-order chi connectivity index (χ1) is 9.14. The molecule has 4 nitrogen and oxygen atoms in total. The standard InChI is InChI=1S/C15H22N2O2/c1-15(2)12(11-6-8-19-13(11)15)17-9-10-5-4-7-16-14(10)18-3/h4-5,7,11-13,17H,6,8-9H2,1-3H3. The molecule has 1 aromatic rings. The third-order valence-electron chi connectivity index (χ3n) is 4.66. The van der Waals surface area contributed by atoms with Crippen molar-refractivity contribution >= 4 is 0 Å². The summed E-state index contributed by atoms with van der Waals surface area (Å²) in [4.78, 5) is 4.23. The highest BCUT2D eigenvalue weighted by Gasteiger charge is 2.58. The predicted molar refractivity (Wildman–Crippen MR) is 73.0 cm³/mol. The van der Waals surface area contributed by atoms with Crippen LogP contribution < -0.4 is 10.1 Å². The molecule has 2 heterocycles. The highest BCUT2D eigenvalue weighted by molar-refractivity contribution is 5.25. The molecule has 3 rings (SSSR count). The molecular formula is C15H22N2O2. The Morgan fingerprint density at radius 2 is 2.37 bits per heavy atom. The molecule has 1 aromatic heterocycles. The van der Waals surface area contributed by atoms with Crippen LogP contribution in [-0.4, -0.2) is 30.8 Å². The fourth-order valence-electron chi connectivity index (χ4n) is 3.70. The molecule has 104 valence electrons. The zero-order valence-electron chi connectivity index (χ0n) is 11.8. The Hall–Kier alpha value is -1.13. The van der Waals surface area contributed by atoms with Crippen molar-refractivity contribution in [3.05, 3.63) is 23.9 Å². The first kappa shape index (κ1) is 12.9. The number of rotatable bonds is 4. The van der Waals surface area contributed by atoms with Gasteiger partial charge in [-0.05, 0) is 12.5 Å². The van der Waals surface area contributed by atoms with E-state index in [1.807, 2.05) is 6.07 Å². The fourth-order valence-corrected chi connectivity index (χ4v) is 3.70. The minimum Gasteiger partial charge on any atom is -0.481 e. The van der Waals surface area contributed by atoms with Gasteiger partial charge in [0.2, 0.25) is 5.88 Å². The van der Waals surface area contributed by atoms with Crippen LogP contribution in [0.4, 0.5) is 0 Å². The van der Waals surface area contributed by atoms with Crippen LogP contribution in [0, 0.1) is 11.3 Å². The fraction of sp³-hybridized carbons (Fsp3) is 0.667. The molecule has 0 spiro atoms. The lowest BCUT2D eigenvalue weighted by Crippen LogP contribution is -2.65. The number of nitrogens with zero attached hydrogens (tertiary/aromatic N) is 1. The number of hydrogen-bond acceptors (Lipinski definition) is 4. The summed E-state index contributed by atoms with van der Waals surface area (Å²) >= 11 is 0. The van der Waals surface area contributed by atoms with Crippen LogP contribution in [0.2, 0.25) is 0 Å². The molecule has 19 heavy (non-hydrogen) atoms. The lowest BCUT2D eigenvalue weighted by Gasteiger charge is -2.55. The second-order valence-electron chi connectivity index (χ2n) is 6.10. The minimum atomic E-state index is 0.219. The molecule has 1 aliphatic carbocycles. The molecule has 3 atom stereocenters. The smallest absolute Gasteiger partial charge is 0.217 e. The van der Waals surface area contributed by atoms with Gasteiger partial charge >= 0.3 is 0 Å². The maximum Gasteiger partial charge on any atom is 0.217 e. The SMILES string of the molecule is COc1ncccc1CNC1C2CCOC2C1(C)C. The number of hydrogen-bond donors (Lipinski definition) is 1. The van der Waals surface area contributed by atoms with Crippen molar-refractivity contribution in [2.45, 2.75) is 39.0 Å². The summed E-state index contributed by atoms with van der Waals surface area (Å²) in [7, 11) is 1.67. The molecular weight excluding hydrogens is 240 g/mol. The number of nitrogens with one attached hydrogen (secondary N) is 1. The van der Waals surface area contributed by atoms with Crippen LogP contribution in [0.15, 0.2) is 18.3 Å². The Morgan fingerprint density at radius 1 is 1.53 bits per heavy atom. The van der Waals surface area contributed by atoms with E-state index < -0.39 is 0 Å². The Labute approximate surface area is 114 Å². The molecule has 3 unspecified atom stereocenters. The average molecular weight is 262 g/mol. The Bertz CT molecular complexity index is 461. The topological polar surface area (TPSA) is 43.4 Å². The number of pyridine rings is 1. The molecule has 1 N–H and O–H groups in total. The lowest BCUT2D eigenvalue weighted by molar-refractivity contribution is -0.113. The molecule has 2 aliphatic rings. The normalized spacial score (nSPS) is 31.6. The van der Waals surface area contributed by atoms with Crippen LogP contribution in [-0.2, 0) is 11.3 Å². The third-order valence-corrected chi connectivity index (χ3v) is 4.66. The maximum atomic E-state index is 5.82. The Kier molecular flexibility index (Phi) is 3.23. The van der Waals surface area contributed by atoms with Crippen molar-refractivity contribution in [2.24, 2.45) is 11.3 Å². The van der Waals surface area contributed by atoms with Crippen molar-refractivity contribution in [1.82, 2.24) is 10.3 Å². The lowest BCUT2D eigenvalue weighted by atomic mass is 9.57. The van der Waals surface area contributed by atoms with E-state index in [1.54, 1.807) is 13.3 Å². The van der Waals surface area contributed by atoms with Gasteiger partial charge in [-0.2, -0.15) is 0 Å². The first-order valence-electron chi connectivity index (χ1n) is 6.97. The molecule has 2 fully saturated rings. The van der Waals surface area contributed by atoms with Crippen LogP contribution in [0.5, 0.6) is 5.88 Å². The van der Waals surface area contributed by atoms with E-state index in [1.165, 1.54) is 6.42 Å². The van der Waals surface area contributed by atoms with E-state index in [0.29, 0.717) is 23.9 Å². The molecule has 0 bridgehead atoms. The average Bonchev–Trinajstić information content (AvgIpc) is 2.86. The highest BCUT2D eigenvalue weighted by atomic mass is 16.5. The van der Waals surface area contributed by atoms with Crippen LogP contribution in [0.3, 0.4) is 0 Å². The highest BCUT2D eigenvalue weighted by Crippen LogP contribution is 2.52. The van der Waals surface area contributed by atoms with E-state index in [4.69, 9.17) is 9.47 Å². The minimum absolute atomic E-state index is 0.219. The quantitative estimate of drug-likeness (QED) is 0.901. The monoisotopic (exact) mass is 262 g/mol. The number of aromatic nitrogens is 1. The van der Waals surface area contributed by atoms with Crippen molar-refractivity contribution in [1.29, 1.82) is 0 Å². The zero-order valence-corrected chi connectivity index (χ0v) is 11.8. The third kappa shape index (κ3) is 2.03. The van der Waals surface area contributed by atoms with E-state index in [9.17, 15) is 0 Å². The van der Waals surface area contributed by atoms with Crippen molar-refractivity contribution in [3.8, 4) is 5.88 Å². The molecule has 1 aliphatic heterocycles. The van der Waals surface area contributed by atoms with Crippen molar-refractivity contribution in [2.75, 3.05) is 13.7 Å². The summed E-state index contributed by atoms with van der Waals surface area (Å²) in [6, 6.07) is 4.53. The van der Waals surface area contributed by atoms with Crippen LogP contribution >= 0.6 is 0 Å². The Morgan fingerprint density at radius 3 is 3.16 bits per heavy atom. The first-order valence-corrected chi connectivity index (χ1v) is 6.97. The van der Waals surface area contributed by atoms with Gasteiger partial charge in [0.1, 0.15) is 0 Å². The van der Waals surface area contributed by atoms with Crippen molar-refractivity contribution < 1.29 is 9.47 Å². The summed E-state index contributed by atoms with van der Waals surface area (Å²) in [5.74, 6) is 1.38. The van der Waals surface area contributed by atoms with Gasteiger partial charge in [0.25, 0.3) is 0 Å². The maximum absolute atomic E-state index is 5.82. The van der Waals surface area contributed by atoms with E-state index in [-0.39, 0.29) is 5.41 Å². The summed E-state index contributed by atoms with van der Waals surface area (Å²) in [6.07, 6.45) is 3.37. The van der Waals surface area contributed by atoms with Gasteiger partial charge in [-0.1, -0.05) is 19.9 Å². The number of ether oxygens (including phenoxy) is 2. The van der Waals surface area contributed by atoms with Crippen LogP contribution in [0.25, 0.3) is 0 Å². The van der Waals surface area contributed by atoms with E-state index >= 15 is 0 Å². The van der Waals surface area contributed by atoms with Gasteiger partial charge in [0.15, 0.2) is 0 Å².